The summed E-state index contributed by atoms with van der Waals surface area (Å²) in [4.78, 5) is 0.253. The number of nitrogens with zero attached hydrogens (tertiary/aromatic N) is 2. The normalized spacial score (nSPS) is 18.0. The molecule has 8 heteroatoms. The van der Waals surface area contributed by atoms with Crippen molar-refractivity contribution in [1.82, 2.24) is 14.5 Å². The zero-order valence-electron chi connectivity index (χ0n) is 15.2. The van der Waals surface area contributed by atoms with Crippen molar-refractivity contribution in [2.45, 2.75) is 31.2 Å². The van der Waals surface area contributed by atoms with Crippen molar-refractivity contribution in [3.8, 4) is 11.1 Å². The Labute approximate surface area is 157 Å². The van der Waals surface area contributed by atoms with E-state index in [-0.39, 0.29) is 17.5 Å². The fourth-order valence-electron chi connectivity index (χ4n) is 3.75. The SMILES string of the molecule is Cc1cc(S(=O)(=O)N2CC[C@H]2CO)ccc1-c1ccc2[nH]nc(N)c2c1C. The average Bonchev–Trinajstić information content (AvgIpc) is 2.97. The lowest BCUT2D eigenvalue weighted by molar-refractivity contribution is 0.116. The van der Waals surface area contributed by atoms with E-state index in [1.54, 1.807) is 12.1 Å². The highest BCUT2D eigenvalue weighted by molar-refractivity contribution is 7.89. The number of sulfonamides is 1. The van der Waals surface area contributed by atoms with Gasteiger partial charge in [-0.1, -0.05) is 12.1 Å². The van der Waals surface area contributed by atoms with Gasteiger partial charge in [0.15, 0.2) is 5.82 Å². The van der Waals surface area contributed by atoms with E-state index in [0.717, 1.165) is 33.2 Å². The van der Waals surface area contributed by atoms with E-state index in [0.29, 0.717) is 18.8 Å². The van der Waals surface area contributed by atoms with Gasteiger partial charge in [0.2, 0.25) is 10.0 Å². The number of hydrogen-bond donors (Lipinski definition) is 3. The van der Waals surface area contributed by atoms with Crippen LogP contribution in [0, 0.1) is 13.8 Å². The summed E-state index contributed by atoms with van der Waals surface area (Å²) in [5, 5.41) is 17.2. The number of aryl methyl sites for hydroxylation is 2. The van der Waals surface area contributed by atoms with Crippen LogP contribution in [0.25, 0.3) is 22.0 Å². The molecule has 27 heavy (non-hydrogen) atoms. The number of aliphatic hydroxyl groups excluding tert-OH is 1. The summed E-state index contributed by atoms with van der Waals surface area (Å²) < 4.78 is 27.0. The molecule has 7 nitrogen and oxygen atoms in total. The summed E-state index contributed by atoms with van der Waals surface area (Å²) in [5.74, 6) is 0.453. The van der Waals surface area contributed by atoms with E-state index >= 15 is 0 Å². The van der Waals surface area contributed by atoms with Gasteiger partial charge in [-0.3, -0.25) is 5.10 Å². The molecule has 0 amide bonds. The number of anilines is 1. The lowest BCUT2D eigenvalue weighted by atomic mass is 9.94. The fourth-order valence-corrected chi connectivity index (χ4v) is 5.50. The molecule has 0 bridgehead atoms. The summed E-state index contributed by atoms with van der Waals surface area (Å²) in [6.45, 7) is 4.18. The van der Waals surface area contributed by atoms with Crippen LogP contribution in [0.3, 0.4) is 0 Å². The van der Waals surface area contributed by atoms with Crippen molar-refractivity contribution in [3.05, 3.63) is 41.5 Å². The number of aliphatic hydroxyl groups is 1. The second-order valence-electron chi connectivity index (χ2n) is 6.99. The molecule has 1 fully saturated rings. The van der Waals surface area contributed by atoms with Crippen molar-refractivity contribution < 1.29 is 13.5 Å². The first-order valence-electron chi connectivity index (χ1n) is 8.81. The molecule has 0 unspecified atom stereocenters. The van der Waals surface area contributed by atoms with E-state index in [1.165, 1.54) is 4.31 Å². The first kappa shape index (κ1) is 18.0. The van der Waals surface area contributed by atoms with Gasteiger partial charge in [-0.25, -0.2) is 8.42 Å². The molecule has 0 spiro atoms. The van der Waals surface area contributed by atoms with Crippen LogP contribution in [0.15, 0.2) is 35.2 Å². The smallest absolute Gasteiger partial charge is 0.243 e. The van der Waals surface area contributed by atoms with E-state index in [1.807, 2.05) is 32.0 Å². The van der Waals surface area contributed by atoms with Gasteiger partial charge in [0.25, 0.3) is 0 Å². The van der Waals surface area contributed by atoms with Gasteiger partial charge in [-0.2, -0.15) is 9.40 Å². The fraction of sp³-hybridized carbons (Fsp3) is 0.316. The molecule has 4 rings (SSSR count). The number of nitrogens with one attached hydrogen (secondary N) is 1. The molecule has 0 saturated carbocycles. The topological polar surface area (TPSA) is 112 Å². The van der Waals surface area contributed by atoms with Gasteiger partial charge in [0.05, 0.1) is 17.0 Å². The van der Waals surface area contributed by atoms with Crippen molar-refractivity contribution in [1.29, 1.82) is 0 Å². The number of benzene rings is 2. The molecular weight excluding hydrogens is 364 g/mol. The highest BCUT2D eigenvalue weighted by Gasteiger charge is 2.38. The number of nitrogen functional groups attached to an aromatic ring is 1. The van der Waals surface area contributed by atoms with Crippen LogP contribution in [0.5, 0.6) is 0 Å². The van der Waals surface area contributed by atoms with Crippen LogP contribution >= 0.6 is 0 Å². The quantitative estimate of drug-likeness (QED) is 0.636. The Balaban J connectivity index is 1.77. The summed E-state index contributed by atoms with van der Waals surface area (Å²) in [5.41, 5.74) is 10.7. The number of nitrogens with two attached hydrogens (primary N) is 1. The van der Waals surface area contributed by atoms with Crippen LogP contribution in [-0.2, 0) is 10.0 Å². The molecule has 142 valence electrons. The standard InChI is InChI=1S/C19H22N4O3S/c1-11-9-14(27(25,26)23-8-7-13(23)10-24)3-4-15(11)16-5-6-17-18(12(16)2)19(20)22-21-17/h3-6,9,13,24H,7-8,10H2,1-2H3,(H3,20,21,22)/t13-/m0/s1. The van der Waals surface area contributed by atoms with Crippen LogP contribution in [0.4, 0.5) is 5.82 Å². The van der Waals surface area contributed by atoms with Gasteiger partial charge in [0.1, 0.15) is 0 Å². The Morgan fingerprint density at radius 2 is 2.00 bits per heavy atom. The molecule has 2 aromatic carbocycles. The molecule has 3 aromatic rings. The van der Waals surface area contributed by atoms with Crippen molar-refractivity contribution in [2.24, 2.45) is 0 Å². The lowest BCUT2D eigenvalue weighted by Gasteiger charge is -2.38. The lowest BCUT2D eigenvalue weighted by Crippen LogP contribution is -2.52. The summed E-state index contributed by atoms with van der Waals surface area (Å²) in [7, 11) is -3.59. The third-order valence-electron chi connectivity index (χ3n) is 5.41. The number of aromatic amines is 1. The molecule has 1 saturated heterocycles. The molecule has 0 aliphatic carbocycles. The molecule has 0 radical (unpaired) electrons. The average molecular weight is 386 g/mol. The first-order valence-corrected chi connectivity index (χ1v) is 10.3. The minimum Gasteiger partial charge on any atom is -0.395 e. The third-order valence-corrected chi connectivity index (χ3v) is 7.36. The molecule has 4 N–H and O–H groups in total. The Bertz CT molecular complexity index is 1140. The predicted molar refractivity (Wildman–Crippen MR) is 105 cm³/mol. The van der Waals surface area contributed by atoms with Crippen LogP contribution in [0.2, 0.25) is 0 Å². The van der Waals surface area contributed by atoms with E-state index in [4.69, 9.17) is 5.73 Å². The molecule has 1 atom stereocenters. The van der Waals surface area contributed by atoms with E-state index in [2.05, 4.69) is 10.2 Å². The number of H-pyrrole nitrogens is 1. The van der Waals surface area contributed by atoms with E-state index < -0.39 is 10.0 Å². The maximum Gasteiger partial charge on any atom is 0.243 e. The number of rotatable bonds is 4. The Kier molecular flexibility index (Phi) is 4.21. The summed E-state index contributed by atoms with van der Waals surface area (Å²) >= 11 is 0. The first-order chi connectivity index (χ1) is 12.8. The highest BCUT2D eigenvalue weighted by Crippen LogP contribution is 2.35. The van der Waals surface area contributed by atoms with Crippen molar-refractivity contribution >= 4 is 26.7 Å². The minimum absolute atomic E-state index is 0.151. The molecular formula is C19H22N4O3S. The Morgan fingerprint density at radius 3 is 2.63 bits per heavy atom. The molecule has 2 heterocycles. The zero-order valence-corrected chi connectivity index (χ0v) is 16.0. The van der Waals surface area contributed by atoms with Gasteiger partial charge < -0.3 is 10.8 Å². The predicted octanol–water partition coefficient (Wildman–Crippen LogP) is 2.18. The van der Waals surface area contributed by atoms with Gasteiger partial charge in [-0.15, -0.1) is 0 Å². The van der Waals surface area contributed by atoms with Crippen molar-refractivity contribution in [2.75, 3.05) is 18.9 Å². The molecule has 1 aliphatic rings. The second kappa shape index (κ2) is 6.33. The summed E-state index contributed by atoms with van der Waals surface area (Å²) in [6, 6.07) is 8.76. The van der Waals surface area contributed by atoms with Crippen LogP contribution in [0.1, 0.15) is 17.5 Å². The Morgan fingerprint density at radius 1 is 1.26 bits per heavy atom. The molecule has 1 aromatic heterocycles. The molecule has 1 aliphatic heterocycles. The maximum atomic E-state index is 12.8. The van der Waals surface area contributed by atoms with Crippen LogP contribution < -0.4 is 5.73 Å². The van der Waals surface area contributed by atoms with Crippen molar-refractivity contribution in [3.63, 3.8) is 0 Å². The maximum absolute atomic E-state index is 12.8. The Hall–Kier alpha value is -2.42. The van der Waals surface area contributed by atoms with Gasteiger partial charge >= 0.3 is 0 Å². The highest BCUT2D eigenvalue weighted by atomic mass is 32.2. The number of aromatic nitrogens is 2. The second-order valence-corrected chi connectivity index (χ2v) is 8.88. The summed E-state index contributed by atoms with van der Waals surface area (Å²) in [6.07, 6.45) is 0.693. The minimum atomic E-state index is -3.59. The zero-order chi connectivity index (χ0) is 19.3. The van der Waals surface area contributed by atoms with Crippen LogP contribution in [-0.4, -0.2) is 47.2 Å². The monoisotopic (exact) mass is 386 g/mol. The van der Waals surface area contributed by atoms with E-state index in [9.17, 15) is 13.5 Å². The van der Waals surface area contributed by atoms with Gasteiger partial charge in [-0.05, 0) is 60.7 Å². The van der Waals surface area contributed by atoms with Gasteiger partial charge in [0, 0.05) is 18.0 Å². The number of hydrogen-bond acceptors (Lipinski definition) is 5. The largest absolute Gasteiger partial charge is 0.395 e. The third kappa shape index (κ3) is 2.72. The number of fused-ring (bicyclic) bond motifs is 1.